The van der Waals surface area contributed by atoms with Crippen LogP contribution in [0.4, 0.5) is 14.9 Å². The van der Waals surface area contributed by atoms with E-state index >= 15 is 0 Å². The second-order valence-corrected chi connectivity index (χ2v) is 9.14. The van der Waals surface area contributed by atoms with E-state index in [1.165, 1.54) is 18.2 Å². The minimum Gasteiger partial charge on any atom is -0.332 e. The minimum atomic E-state index is -3.24. The number of urea groups is 1. The maximum absolute atomic E-state index is 13.1. The third-order valence-electron chi connectivity index (χ3n) is 4.93. The Morgan fingerprint density at radius 2 is 2.08 bits per heavy atom. The van der Waals surface area contributed by atoms with E-state index in [-0.39, 0.29) is 42.0 Å². The van der Waals surface area contributed by atoms with E-state index < -0.39 is 15.1 Å². The molecule has 2 fully saturated rings. The molecule has 0 spiro atoms. The first-order chi connectivity index (χ1) is 12.3. The molecule has 3 rings (SSSR count). The fourth-order valence-electron chi connectivity index (χ4n) is 3.62. The van der Waals surface area contributed by atoms with Crippen molar-refractivity contribution in [2.45, 2.75) is 49.9 Å². The molecule has 0 saturated carbocycles. The van der Waals surface area contributed by atoms with Crippen LogP contribution in [0.5, 0.6) is 0 Å². The Morgan fingerprint density at radius 3 is 2.81 bits per heavy atom. The fourth-order valence-corrected chi connectivity index (χ4v) is 5.89. The lowest BCUT2D eigenvalue weighted by Crippen LogP contribution is -2.39. The molecule has 2 heterocycles. The molecule has 9 heteroatoms. The van der Waals surface area contributed by atoms with Crippen molar-refractivity contribution in [3.63, 3.8) is 0 Å². The highest BCUT2D eigenvalue weighted by molar-refractivity contribution is 7.92. The third kappa shape index (κ3) is 3.98. The molecule has 0 aromatic heterocycles. The topological polar surface area (TPSA) is 104 Å². The van der Waals surface area contributed by atoms with Crippen LogP contribution in [-0.4, -0.2) is 43.4 Å². The van der Waals surface area contributed by atoms with Crippen molar-refractivity contribution in [1.82, 2.24) is 10.6 Å². The molecule has 1 aromatic rings. The van der Waals surface area contributed by atoms with Crippen molar-refractivity contribution in [1.29, 1.82) is 0 Å². The predicted molar refractivity (Wildman–Crippen MR) is 95.1 cm³/mol. The number of unbranched alkanes of at least 4 members (excludes halogenated alkanes) is 1. The maximum atomic E-state index is 13.1. The van der Waals surface area contributed by atoms with Gasteiger partial charge in [-0.05, 0) is 43.5 Å². The summed E-state index contributed by atoms with van der Waals surface area (Å²) in [6.07, 6.45) is 1.77. The Balaban J connectivity index is 1.46. The van der Waals surface area contributed by atoms with Crippen LogP contribution in [-0.2, 0) is 14.6 Å². The Bertz CT molecular complexity index is 827. The summed E-state index contributed by atoms with van der Waals surface area (Å²) in [5.74, 6) is -0.585. The fraction of sp³-hybridized carbons (Fsp3) is 0.529. The normalized spacial score (nSPS) is 26.1. The number of anilines is 1. The molecule has 0 aliphatic carbocycles. The molecular formula is C17H22FN3O4S. The van der Waals surface area contributed by atoms with Crippen molar-refractivity contribution in [2.75, 3.05) is 11.1 Å². The van der Waals surface area contributed by atoms with Gasteiger partial charge in [0.1, 0.15) is 5.82 Å². The number of hydrogen-bond acceptors (Lipinski definition) is 4. The van der Waals surface area contributed by atoms with Crippen molar-refractivity contribution < 1.29 is 22.4 Å². The number of amides is 3. The summed E-state index contributed by atoms with van der Waals surface area (Å²) in [6, 6.07) is 3.08. The summed E-state index contributed by atoms with van der Waals surface area (Å²) in [5.41, 5.74) is 1.21. The Labute approximate surface area is 151 Å². The number of carbonyl (C=O) groups is 2. The Morgan fingerprint density at radius 1 is 1.31 bits per heavy atom. The molecule has 3 unspecified atom stereocenters. The summed E-state index contributed by atoms with van der Waals surface area (Å²) in [7, 11) is -3.24. The van der Waals surface area contributed by atoms with Crippen molar-refractivity contribution in [2.24, 2.45) is 0 Å². The van der Waals surface area contributed by atoms with Crippen molar-refractivity contribution >= 4 is 27.5 Å². The zero-order valence-electron chi connectivity index (χ0n) is 14.4. The average Bonchev–Trinajstić information content (AvgIpc) is 2.99. The third-order valence-corrected chi connectivity index (χ3v) is 7.20. The van der Waals surface area contributed by atoms with Crippen LogP contribution in [0, 0.1) is 12.7 Å². The Hall–Kier alpha value is -2.16. The monoisotopic (exact) mass is 383 g/mol. The number of rotatable bonds is 6. The van der Waals surface area contributed by atoms with Gasteiger partial charge in [0.25, 0.3) is 0 Å². The average molecular weight is 383 g/mol. The second-order valence-electron chi connectivity index (χ2n) is 6.87. The Kier molecular flexibility index (Phi) is 5.17. The van der Waals surface area contributed by atoms with Crippen LogP contribution < -0.4 is 16.0 Å². The standard InChI is InChI=1S/C17H22FN3O4S/c1-10-8-11(18)6-7-12(10)19-15(22)5-3-2-4-14-16-13(9-26(14,24)25)20-17(23)21-16/h6-8,13-14,16H,2-5,9H2,1H3,(H,19,22)(H2,20,21,23). The number of halogens is 1. The van der Waals surface area contributed by atoms with Crippen LogP contribution in [0.15, 0.2) is 18.2 Å². The lowest BCUT2D eigenvalue weighted by Gasteiger charge is -2.16. The molecule has 2 aliphatic rings. The zero-order chi connectivity index (χ0) is 18.9. The molecule has 2 aliphatic heterocycles. The van der Waals surface area contributed by atoms with Gasteiger partial charge in [0.05, 0.1) is 23.1 Å². The maximum Gasteiger partial charge on any atom is 0.315 e. The van der Waals surface area contributed by atoms with Gasteiger partial charge in [-0.15, -0.1) is 0 Å². The highest BCUT2D eigenvalue weighted by atomic mass is 32.2. The minimum absolute atomic E-state index is 0.0363. The molecule has 3 N–H and O–H groups in total. The number of sulfone groups is 1. The van der Waals surface area contributed by atoms with Crippen LogP contribution >= 0.6 is 0 Å². The van der Waals surface area contributed by atoms with E-state index in [2.05, 4.69) is 16.0 Å². The number of fused-ring (bicyclic) bond motifs is 1. The lowest BCUT2D eigenvalue weighted by atomic mass is 10.0. The number of aryl methyl sites for hydroxylation is 1. The largest absolute Gasteiger partial charge is 0.332 e. The van der Waals surface area contributed by atoms with Gasteiger partial charge in [0.2, 0.25) is 5.91 Å². The van der Waals surface area contributed by atoms with E-state index in [0.717, 1.165) is 0 Å². The quantitative estimate of drug-likeness (QED) is 0.511. The first-order valence-electron chi connectivity index (χ1n) is 8.61. The summed E-state index contributed by atoms with van der Waals surface area (Å²) < 4.78 is 37.5. The summed E-state index contributed by atoms with van der Waals surface area (Å²) in [6.45, 7) is 1.71. The van der Waals surface area contributed by atoms with Crippen molar-refractivity contribution in [3.8, 4) is 0 Å². The first kappa shape index (κ1) is 18.6. The second kappa shape index (κ2) is 7.22. The molecule has 26 heavy (non-hydrogen) atoms. The SMILES string of the molecule is Cc1cc(F)ccc1NC(=O)CCCCC1C2NC(=O)NC2CS1(=O)=O. The van der Waals surface area contributed by atoms with Crippen LogP contribution in [0.1, 0.15) is 31.2 Å². The molecule has 142 valence electrons. The molecule has 0 radical (unpaired) electrons. The number of nitrogens with one attached hydrogen (secondary N) is 3. The number of carbonyl (C=O) groups excluding carboxylic acids is 2. The zero-order valence-corrected chi connectivity index (χ0v) is 15.2. The lowest BCUT2D eigenvalue weighted by molar-refractivity contribution is -0.116. The number of benzene rings is 1. The molecule has 7 nitrogen and oxygen atoms in total. The van der Waals surface area contributed by atoms with Gasteiger partial charge < -0.3 is 16.0 Å². The van der Waals surface area contributed by atoms with Gasteiger partial charge in [0, 0.05) is 12.1 Å². The van der Waals surface area contributed by atoms with E-state index in [1.54, 1.807) is 6.92 Å². The van der Waals surface area contributed by atoms with Crippen LogP contribution in [0.2, 0.25) is 0 Å². The highest BCUT2D eigenvalue weighted by Crippen LogP contribution is 2.28. The smallest absolute Gasteiger partial charge is 0.315 e. The molecule has 3 atom stereocenters. The molecule has 2 saturated heterocycles. The van der Waals surface area contributed by atoms with E-state index in [1.807, 2.05) is 0 Å². The predicted octanol–water partition coefficient (Wildman–Crippen LogP) is 1.48. The first-order valence-corrected chi connectivity index (χ1v) is 10.3. The molecule has 1 aromatic carbocycles. The van der Waals surface area contributed by atoms with Gasteiger partial charge >= 0.3 is 6.03 Å². The number of hydrogen-bond donors (Lipinski definition) is 3. The molecule has 0 bridgehead atoms. The summed E-state index contributed by atoms with van der Waals surface area (Å²) >= 11 is 0. The van der Waals surface area contributed by atoms with E-state index in [0.29, 0.717) is 30.5 Å². The summed E-state index contributed by atoms with van der Waals surface area (Å²) in [4.78, 5) is 23.4. The van der Waals surface area contributed by atoms with Crippen molar-refractivity contribution in [3.05, 3.63) is 29.6 Å². The van der Waals surface area contributed by atoms with Gasteiger partial charge in [-0.25, -0.2) is 17.6 Å². The van der Waals surface area contributed by atoms with E-state index in [9.17, 15) is 22.4 Å². The van der Waals surface area contributed by atoms with E-state index in [4.69, 9.17) is 0 Å². The van der Waals surface area contributed by atoms with Crippen LogP contribution in [0.3, 0.4) is 0 Å². The summed E-state index contributed by atoms with van der Waals surface area (Å²) in [5, 5.41) is 7.43. The van der Waals surface area contributed by atoms with Crippen LogP contribution in [0.25, 0.3) is 0 Å². The van der Waals surface area contributed by atoms with Gasteiger partial charge in [-0.3, -0.25) is 4.79 Å². The molecular weight excluding hydrogens is 361 g/mol. The van der Waals surface area contributed by atoms with Gasteiger partial charge in [-0.2, -0.15) is 0 Å². The van der Waals surface area contributed by atoms with Gasteiger partial charge in [0.15, 0.2) is 9.84 Å². The van der Waals surface area contributed by atoms with Gasteiger partial charge in [-0.1, -0.05) is 6.42 Å². The molecule has 3 amide bonds. The highest BCUT2D eigenvalue weighted by Gasteiger charge is 2.51.